The van der Waals surface area contributed by atoms with Gasteiger partial charge in [0.05, 0.1) is 18.2 Å². The fourth-order valence-corrected chi connectivity index (χ4v) is 4.83. The van der Waals surface area contributed by atoms with Crippen molar-refractivity contribution in [1.82, 2.24) is 9.47 Å². The van der Waals surface area contributed by atoms with Gasteiger partial charge in [-0.3, -0.25) is 9.69 Å². The van der Waals surface area contributed by atoms with Gasteiger partial charge in [-0.05, 0) is 36.8 Å². The molecule has 0 bridgehead atoms. The van der Waals surface area contributed by atoms with Crippen LogP contribution in [0.1, 0.15) is 22.9 Å². The van der Waals surface area contributed by atoms with E-state index < -0.39 is 6.04 Å². The van der Waals surface area contributed by atoms with Gasteiger partial charge in [0.1, 0.15) is 5.75 Å². The monoisotopic (exact) mass is 467 g/mol. The van der Waals surface area contributed by atoms with E-state index in [2.05, 4.69) is 21.9 Å². The molecule has 1 saturated heterocycles. The standard InChI is InChI=1S/C26H30ClN3O3/c1-19-18-23(31)24(26(32)30(19)16-17-33-2)25(21-10-6-7-11-22(21)27)29-14-12-28(13-15-29)20-8-4-3-5-9-20/h3-11,18,25,31H,12-17H2,1-2H3/t25-/m0/s1. The Morgan fingerprint density at radius 2 is 1.70 bits per heavy atom. The van der Waals surface area contributed by atoms with E-state index in [1.54, 1.807) is 17.7 Å². The second kappa shape index (κ2) is 10.4. The van der Waals surface area contributed by atoms with Gasteiger partial charge in [0.25, 0.3) is 5.56 Å². The van der Waals surface area contributed by atoms with Crippen LogP contribution < -0.4 is 10.5 Å². The SMILES string of the molecule is COCCn1c(C)cc(O)c([C@H](c2ccccc2Cl)N2CCN(c3ccccc3)CC2)c1=O. The van der Waals surface area contributed by atoms with Crippen molar-refractivity contribution in [2.24, 2.45) is 0 Å². The number of ether oxygens (including phenoxy) is 1. The Kier molecular flexibility index (Phi) is 7.38. The summed E-state index contributed by atoms with van der Waals surface area (Å²) in [4.78, 5) is 18.2. The van der Waals surface area contributed by atoms with Crippen LogP contribution in [0.4, 0.5) is 5.69 Å². The number of rotatable bonds is 7. The number of methoxy groups -OCH3 is 1. The molecular weight excluding hydrogens is 438 g/mol. The van der Waals surface area contributed by atoms with Crippen LogP contribution >= 0.6 is 11.6 Å². The summed E-state index contributed by atoms with van der Waals surface area (Å²) >= 11 is 6.62. The summed E-state index contributed by atoms with van der Waals surface area (Å²) in [6.45, 7) is 5.75. The summed E-state index contributed by atoms with van der Waals surface area (Å²) in [5.74, 6) is 0.00146. The molecule has 0 spiro atoms. The molecule has 1 aromatic heterocycles. The van der Waals surface area contributed by atoms with Gasteiger partial charge in [0, 0.05) is 56.2 Å². The van der Waals surface area contributed by atoms with Crippen molar-refractivity contribution in [3.63, 3.8) is 0 Å². The molecule has 1 aliphatic rings. The van der Waals surface area contributed by atoms with Gasteiger partial charge in [-0.1, -0.05) is 48.0 Å². The number of benzene rings is 2. The summed E-state index contributed by atoms with van der Waals surface area (Å²) in [6, 6.07) is 19.1. The molecular formula is C26H30ClN3O3. The van der Waals surface area contributed by atoms with Crippen molar-refractivity contribution >= 4 is 17.3 Å². The molecule has 0 unspecified atom stereocenters. The van der Waals surface area contributed by atoms with Crippen LogP contribution in [0.15, 0.2) is 65.5 Å². The van der Waals surface area contributed by atoms with E-state index in [1.165, 1.54) is 5.69 Å². The van der Waals surface area contributed by atoms with Crippen LogP contribution in [-0.4, -0.2) is 54.5 Å². The van der Waals surface area contributed by atoms with Gasteiger partial charge >= 0.3 is 0 Å². The van der Waals surface area contributed by atoms with E-state index in [0.29, 0.717) is 29.4 Å². The predicted octanol–water partition coefficient (Wildman–Crippen LogP) is 4.07. The summed E-state index contributed by atoms with van der Waals surface area (Å²) in [7, 11) is 1.61. The predicted molar refractivity (Wildman–Crippen MR) is 133 cm³/mol. The molecule has 6 nitrogen and oxygen atoms in total. The number of anilines is 1. The summed E-state index contributed by atoms with van der Waals surface area (Å²) in [5, 5.41) is 11.6. The van der Waals surface area contributed by atoms with Crippen LogP contribution in [-0.2, 0) is 11.3 Å². The average molecular weight is 468 g/mol. The first-order chi connectivity index (χ1) is 16.0. The van der Waals surface area contributed by atoms with E-state index in [4.69, 9.17) is 16.3 Å². The number of aryl methyl sites for hydroxylation is 1. The van der Waals surface area contributed by atoms with Crippen LogP contribution in [0.2, 0.25) is 5.02 Å². The molecule has 1 N–H and O–H groups in total. The number of nitrogens with zero attached hydrogens (tertiary/aromatic N) is 3. The molecule has 1 aliphatic heterocycles. The molecule has 0 aliphatic carbocycles. The molecule has 3 aromatic rings. The zero-order valence-electron chi connectivity index (χ0n) is 19.1. The lowest BCUT2D eigenvalue weighted by atomic mass is 9.95. The lowest BCUT2D eigenvalue weighted by Gasteiger charge is -2.40. The fraction of sp³-hybridized carbons (Fsp3) is 0.346. The van der Waals surface area contributed by atoms with Crippen molar-refractivity contribution in [2.75, 3.05) is 44.8 Å². The first-order valence-corrected chi connectivity index (χ1v) is 11.6. The van der Waals surface area contributed by atoms with Gasteiger partial charge in [-0.25, -0.2) is 0 Å². The summed E-state index contributed by atoms with van der Waals surface area (Å²) < 4.78 is 6.87. The molecule has 0 radical (unpaired) electrons. The van der Waals surface area contributed by atoms with Gasteiger partial charge in [0.15, 0.2) is 0 Å². The van der Waals surface area contributed by atoms with Crippen LogP contribution in [0.25, 0.3) is 0 Å². The van der Waals surface area contributed by atoms with E-state index >= 15 is 0 Å². The molecule has 1 fully saturated rings. The third kappa shape index (κ3) is 4.93. The highest BCUT2D eigenvalue weighted by Gasteiger charge is 2.32. The average Bonchev–Trinajstić information content (AvgIpc) is 2.83. The lowest BCUT2D eigenvalue weighted by molar-refractivity contribution is 0.183. The largest absolute Gasteiger partial charge is 0.507 e. The van der Waals surface area contributed by atoms with E-state index in [9.17, 15) is 9.90 Å². The molecule has 7 heteroatoms. The summed E-state index contributed by atoms with van der Waals surface area (Å²) in [5.41, 5.74) is 2.86. The Hall–Kier alpha value is -2.80. The van der Waals surface area contributed by atoms with Gasteiger partial charge < -0.3 is 19.3 Å². The highest BCUT2D eigenvalue weighted by molar-refractivity contribution is 6.31. The van der Waals surface area contributed by atoms with Crippen molar-refractivity contribution in [3.05, 3.63) is 92.9 Å². The molecule has 2 aromatic carbocycles. The smallest absolute Gasteiger partial charge is 0.259 e. The maximum absolute atomic E-state index is 13.6. The number of pyridine rings is 1. The molecule has 33 heavy (non-hydrogen) atoms. The van der Waals surface area contributed by atoms with Crippen molar-refractivity contribution in [1.29, 1.82) is 0 Å². The van der Waals surface area contributed by atoms with Crippen molar-refractivity contribution < 1.29 is 9.84 Å². The second-order valence-corrected chi connectivity index (χ2v) is 8.72. The normalized spacial score (nSPS) is 15.5. The third-order valence-electron chi connectivity index (χ3n) is 6.32. The van der Waals surface area contributed by atoms with Gasteiger partial charge in [0.2, 0.25) is 0 Å². The Balaban J connectivity index is 1.74. The Bertz CT molecular complexity index is 1140. The zero-order valence-corrected chi connectivity index (χ0v) is 19.8. The maximum atomic E-state index is 13.6. The molecule has 1 atom stereocenters. The highest BCUT2D eigenvalue weighted by atomic mass is 35.5. The van der Waals surface area contributed by atoms with Crippen LogP contribution in [0, 0.1) is 6.92 Å². The fourth-order valence-electron chi connectivity index (χ4n) is 4.59. The molecule has 2 heterocycles. The topological polar surface area (TPSA) is 57.9 Å². The van der Waals surface area contributed by atoms with E-state index in [-0.39, 0.29) is 11.3 Å². The molecule has 174 valence electrons. The first-order valence-electron chi connectivity index (χ1n) is 11.2. The Labute approximate surface area is 199 Å². The number of halogens is 1. The number of para-hydroxylation sites is 1. The molecule has 0 amide bonds. The van der Waals surface area contributed by atoms with E-state index in [0.717, 1.165) is 31.7 Å². The Morgan fingerprint density at radius 3 is 2.36 bits per heavy atom. The quantitative estimate of drug-likeness (QED) is 0.567. The number of hydrogen-bond donors (Lipinski definition) is 1. The van der Waals surface area contributed by atoms with Gasteiger partial charge in [-0.15, -0.1) is 0 Å². The molecule has 0 saturated carbocycles. The van der Waals surface area contributed by atoms with Crippen LogP contribution in [0.5, 0.6) is 5.75 Å². The number of hydrogen-bond acceptors (Lipinski definition) is 5. The second-order valence-electron chi connectivity index (χ2n) is 8.32. The lowest BCUT2D eigenvalue weighted by Crippen LogP contribution is -2.49. The highest BCUT2D eigenvalue weighted by Crippen LogP contribution is 2.36. The molecule has 4 rings (SSSR count). The Morgan fingerprint density at radius 1 is 1.03 bits per heavy atom. The first kappa shape index (κ1) is 23.4. The van der Waals surface area contributed by atoms with Crippen molar-refractivity contribution in [3.8, 4) is 5.75 Å². The minimum atomic E-state index is -0.446. The van der Waals surface area contributed by atoms with Gasteiger partial charge in [-0.2, -0.15) is 0 Å². The van der Waals surface area contributed by atoms with Crippen molar-refractivity contribution in [2.45, 2.75) is 19.5 Å². The number of piperazine rings is 1. The summed E-state index contributed by atoms with van der Waals surface area (Å²) in [6.07, 6.45) is 0. The van der Waals surface area contributed by atoms with E-state index in [1.807, 2.05) is 49.4 Å². The number of aromatic nitrogens is 1. The minimum Gasteiger partial charge on any atom is -0.507 e. The number of aromatic hydroxyl groups is 1. The third-order valence-corrected chi connectivity index (χ3v) is 6.66. The zero-order chi connectivity index (χ0) is 23.4. The minimum absolute atomic E-state index is 0.00146. The van der Waals surface area contributed by atoms with Crippen LogP contribution in [0.3, 0.4) is 0 Å². The maximum Gasteiger partial charge on any atom is 0.259 e.